The molecular formula is C23H20N4O6S2. The Balaban J connectivity index is 1.59. The first-order valence-corrected chi connectivity index (χ1v) is 13.0. The smallest absolute Gasteiger partial charge is 0.341 e. The molecule has 0 fully saturated rings. The number of nitrogens with zero attached hydrogens (tertiary/aromatic N) is 2. The maximum atomic E-state index is 12.8. The Hall–Kier alpha value is -4.03. The predicted octanol–water partition coefficient (Wildman–Crippen LogP) is 4.27. The zero-order valence-electron chi connectivity index (χ0n) is 18.6. The van der Waals surface area contributed by atoms with E-state index in [0.29, 0.717) is 11.3 Å². The van der Waals surface area contributed by atoms with Gasteiger partial charge in [0.1, 0.15) is 5.00 Å². The summed E-state index contributed by atoms with van der Waals surface area (Å²) in [5, 5.41) is 10.6. The molecule has 0 radical (unpaired) electrons. The topological polar surface area (TPSA) is 140 Å². The van der Waals surface area contributed by atoms with Crippen LogP contribution in [-0.4, -0.2) is 43.4 Å². The first-order valence-electron chi connectivity index (χ1n) is 10.3. The number of rotatable bonds is 8. The zero-order valence-corrected chi connectivity index (χ0v) is 20.3. The average Bonchev–Trinajstić information content (AvgIpc) is 3.47. The van der Waals surface area contributed by atoms with E-state index >= 15 is 0 Å². The monoisotopic (exact) mass is 512 g/mol. The Morgan fingerprint density at radius 3 is 2.49 bits per heavy atom. The number of esters is 1. The summed E-state index contributed by atoms with van der Waals surface area (Å²) in [4.78, 5) is 26.1. The van der Waals surface area contributed by atoms with Gasteiger partial charge in [-0.2, -0.15) is 0 Å². The highest BCUT2D eigenvalue weighted by Crippen LogP contribution is 2.36. The number of ether oxygens (including phenoxy) is 1. The molecule has 2 N–H and O–H groups in total. The van der Waals surface area contributed by atoms with E-state index in [1.54, 1.807) is 31.2 Å². The third kappa shape index (κ3) is 5.91. The van der Waals surface area contributed by atoms with Crippen molar-refractivity contribution in [2.45, 2.75) is 6.92 Å². The molecule has 0 saturated carbocycles. The lowest BCUT2D eigenvalue weighted by molar-refractivity contribution is 0.0528. The van der Waals surface area contributed by atoms with Crippen LogP contribution in [0.2, 0.25) is 0 Å². The number of benzene rings is 2. The van der Waals surface area contributed by atoms with Crippen molar-refractivity contribution in [1.82, 2.24) is 10.2 Å². The number of anilines is 2. The summed E-state index contributed by atoms with van der Waals surface area (Å²) in [5.74, 6) is -1.58. The largest absolute Gasteiger partial charge is 0.462 e. The molecule has 4 aromatic rings. The fraction of sp³-hybridized carbons (Fsp3) is 0.130. The molecule has 2 heterocycles. The highest BCUT2D eigenvalue weighted by atomic mass is 32.2. The highest BCUT2D eigenvalue weighted by molar-refractivity contribution is 7.92. The van der Waals surface area contributed by atoms with Crippen LogP contribution < -0.4 is 10.0 Å². The normalized spacial score (nSPS) is 11.1. The molecule has 180 valence electrons. The summed E-state index contributed by atoms with van der Waals surface area (Å²) in [6.45, 7) is 1.88. The summed E-state index contributed by atoms with van der Waals surface area (Å²) in [6, 6.07) is 17.4. The van der Waals surface area contributed by atoms with Gasteiger partial charge in [0.25, 0.3) is 0 Å². The van der Waals surface area contributed by atoms with Gasteiger partial charge in [-0.05, 0) is 36.8 Å². The molecule has 0 aliphatic heterocycles. The van der Waals surface area contributed by atoms with Gasteiger partial charge in [0, 0.05) is 16.1 Å². The van der Waals surface area contributed by atoms with Crippen molar-refractivity contribution in [2.75, 3.05) is 22.9 Å². The molecule has 4 rings (SSSR count). The quantitative estimate of drug-likeness (QED) is 0.334. The Morgan fingerprint density at radius 1 is 1.03 bits per heavy atom. The summed E-state index contributed by atoms with van der Waals surface area (Å²) in [7, 11) is -3.47. The van der Waals surface area contributed by atoms with Gasteiger partial charge in [0.15, 0.2) is 0 Å². The highest BCUT2D eigenvalue weighted by Gasteiger charge is 2.23. The van der Waals surface area contributed by atoms with Crippen molar-refractivity contribution in [3.05, 3.63) is 72.1 Å². The molecule has 12 heteroatoms. The van der Waals surface area contributed by atoms with Crippen LogP contribution in [0.5, 0.6) is 0 Å². The van der Waals surface area contributed by atoms with Crippen LogP contribution in [0.3, 0.4) is 0 Å². The molecule has 0 unspecified atom stereocenters. The van der Waals surface area contributed by atoms with E-state index in [9.17, 15) is 18.0 Å². The molecule has 0 spiro atoms. The van der Waals surface area contributed by atoms with Gasteiger partial charge in [-0.1, -0.05) is 36.4 Å². The minimum Gasteiger partial charge on any atom is -0.462 e. The van der Waals surface area contributed by atoms with Crippen molar-refractivity contribution in [2.24, 2.45) is 0 Å². The van der Waals surface area contributed by atoms with Crippen LogP contribution in [-0.2, 0) is 14.8 Å². The van der Waals surface area contributed by atoms with Crippen LogP contribution in [0.4, 0.5) is 10.7 Å². The second kappa shape index (κ2) is 10.1. The second-order valence-electron chi connectivity index (χ2n) is 7.26. The molecule has 1 amide bonds. The maximum absolute atomic E-state index is 12.8. The van der Waals surface area contributed by atoms with Crippen molar-refractivity contribution in [3.63, 3.8) is 0 Å². The minimum absolute atomic E-state index is 0.0223. The number of nitrogens with one attached hydrogen (secondary N) is 2. The second-order valence-corrected chi connectivity index (χ2v) is 10.1. The number of carbonyl (C=O) groups is 2. The van der Waals surface area contributed by atoms with Gasteiger partial charge in [-0.25, -0.2) is 13.2 Å². The lowest BCUT2D eigenvalue weighted by Crippen LogP contribution is -2.14. The SMILES string of the molecule is CCOC(=O)c1cc(-c2ccccc2)sc1NC(=O)c1nnc(-c2cccc(NS(C)(=O)=O)c2)o1. The molecule has 0 aliphatic rings. The number of thiophene rings is 1. The molecule has 0 bridgehead atoms. The Kier molecular flexibility index (Phi) is 6.94. The first-order chi connectivity index (χ1) is 16.7. The summed E-state index contributed by atoms with van der Waals surface area (Å²) in [5.41, 5.74) is 1.81. The van der Waals surface area contributed by atoms with Crippen LogP contribution in [0, 0.1) is 0 Å². The predicted molar refractivity (Wildman–Crippen MR) is 132 cm³/mol. The number of hydrogen-bond donors (Lipinski definition) is 2. The average molecular weight is 513 g/mol. The molecule has 35 heavy (non-hydrogen) atoms. The van der Waals surface area contributed by atoms with Crippen molar-refractivity contribution in [3.8, 4) is 21.9 Å². The lowest BCUT2D eigenvalue weighted by Gasteiger charge is -2.04. The van der Waals surface area contributed by atoms with E-state index in [4.69, 9.17) is 9.15 Å². The Morgan fingerprint density at radius 2 is 1.77 bits per heavy atom. The van der Waals surface area contributed by atoms with E-state index in [1.165, 1.54) is 17.4 Å². The molecule has 0 aliphatic carbocycles. The number of sulfonamides is 1. The number of carbonyl (C=O) groups excluding carboxylic acids is 2. The van der Waals surface area contributed by atoms with Crippen LogP contribution in [0.1, 0.15) is 28.0 Å². The van der Waals surface area contributed by atoms with Gasteiger partial charge in [0.05, 0.1) is 18.4 Å². The van der Waals surface area contributed by atoms with Gasteiger partial charge in [0.2, 0.25) is 15.9 Å². The minimum atomic E-state index is -3.47. The molecule has 10 nitrogen and oxygen atoms in total. The summed E-state index contributed by atoms with van der Waals surface area (Å²) >= 11 is 1.21. The zero-order chi connectivity index (χ0) is 25.0. The van der Waals surface area contributed by atoms with Crippen LogP contribution >= 0.6 is 11.3 Å². The van der Waals surface area contributed by atoms with Crippen molar-refractivity contribution < 1.29 is 27.2 Å². The lowest BCUT2D eigenvalue weighted by atomic mass is 10.1. The van der Waals surface area contributed by atoms with Gasteiger partial charge >= 0.3 is 17.8 Å². The summed E-state index contributed by atoms with van der Waals surface area (Å²) < 4.78 is 35.9. The molecule has 2 aromatic carbocycles. The van der Waals surface area contributed by atoms with E-state index in [1.807, 2.05) is 30.3 Å². The van der Waals surface area contributed by atoms with E-state index < -0.39 is 21.9 Å². The molecule has 0 atom stereocenters. The first kappa shape index (κ1) is 24.1. The fourth-order valence-electron chi connectivity index (χ4n) is 3.11. The van der Waals surface area contributed by atoms with Gasteiger partial charge in [-0.3, -0.25) is 9.52 Å². The fourth-order valence-corrected chi connectivity index (χ4v) is 4.71. The van der Waals surface area contributed by atoms with Crippen molar-refractivity contribution in [1.29, 1.82) is 0 Å². The van der Waals surface area contributed by atoms with Crippen LogP contribution in [0.25, 0.3) is 21.9 Å². The van der Waals surface area contributed by atoms with E-state index in [0.717, 1.165) is 16.7 Å². The standard InChI is InChI=1S/C23H20N4O6S2/c1-3-32-23(29)17-13-18(14-8-5-4-6-9-14)34-22(17)24-19(28)21-26-25-20(33-21)15-10-7-11-16(12-15)27-35(2,30)31/h4-13,27H,3H2,1-2H3,(H,24,28). The molecular weight excluding hydrogens is 492 g/mol. The number of amides is 1. The number of aromatic nitrogens is 2. The van der Waals surface area contributed by atoms with Gasteiger partial charge in [-0.15, -0.1) is 21.5 Å². The third-order valence-electron chi connectivity index (χ3n) is 4.54. The molecule has 0 saturated heterocycles. The summed E-state index contributed by atoms with van der Waals surface area (Å²) in [6.07, 6.45) is 1.03. The third-order valence-corrected chi connectivity index (χ3v) is 6.25. The Bertz CT molecular complexity index is 1480. The van der Waals surface area contributed by atoms with Gasteiger partial charge < -0.3 is 14.5 Å². The van der Waals surface area contributed by atoms with Crippen LogP contribution in [0.15, 0.2) is 65.1 Å². The van der Waals surface area contributed by atoms with E-state index in [2.05, 4.69) is 20.2 Å². The van der Waals surface area contributed by atoms with E-state index in [-0.39, 0.29) is 29.0 Å². The maximum Gasteiger partial charge on any atom is 0.341 e. The number of hydrogen-bond acceptors (Lipinski definition) is 9. The molecule has 2 aromatic heterocycles. The van der Waals surface area contributed by atoms with Crippen molar-refractivity contribution >= 4 is 43.9 Å². The Labute approximate surface area is 205 Å².